The summed E-state index contributed by atoms with van der Waals surface area (Å²) >= 11 is 0. The van der Waals surface area contributed by atoms with E-state index in [-0.39, 0.29) is 5.75 Å². The highest BCUT2D eigenvalue weighted by Crippen LogP contribution is 2.31. The first kappa shape index (κ1) is 20.0. The molecule has 0 unspecified atom stereocenters. The first-order chi connectivity index (χ1) is 11.7. The number of alkyl halides is 3. The van der Waals surface area contributed by atoms with Crippen LogP contribution in [0.3, 0.4) is 0 Å². The van der Waals surface area contributed by atoms with Crippen molar-refractivity contribution in [2.24, 2.45) is 0 Å². The van der Waals surface area contributed by atoms with E-state index in [4.69, 9.17) is 0 Å². The summed E-state index contributed by atoms with van der Waals surface area (Å²) in [6, 6.07) is 4.71. The van der Waals surface area contributed by atoms with Gasteiger partial charge in [-0.1, -0.05) is 19.9 Å². The van der Waals surface area contributed by atoms with Crippen molar-refractivity contribution in [1.82, 2.24) is 4.90 Å². The summed E-state index contributed by atoms with van der Waals surface area (Å²) < 4.78 is 64.0. The maximum atomic E-state index is 12.5. The highest BCUT2D eigenvalue weighted by molar-refractivity contribution is 7.88. The summed E-state index contributed by atoms with van der Waals surface area (Å²) in [6.45, 7) is 6.19. The molecular formula is C17H24F3NO3S. The Kier molecular flexibility index (Phi) is 6.37. The summed E-state index contributed by atoms with van der Waals surface area (Å²) in [5.74, 6) is -0.283. The van der Waals surface area contributed by atoms with Crippen LogP contribution in [0.5, 0.6) is 5.75 Å². The fourth-order valence-electron chi connectivity index (χ4n) is 3.30. The Hall–Kier alpha value is -1.28. The lowest BCUT2D eigenvalue weighted by Crippen LogP contribution is -2.40. The van der Waals surface area contributed by atoms with Gasteiger partial charge in [-0.3, -0.25) is 0 Å². The molecule has 0 bridgehead atoms. The van der Waals surface area contributed by atoms with E-state index in [9.17, 15) is 21.6 Å². The van der Waals surface area contributed by atoms with E-state index in [1.54, 1.807) is 6.07 Å². The van der Waals surface area contributed by atoms with E-state index in [1.165, 1.54) is 12.1 Å². The van der Waals surface area contributed by atoms with Gasteiger partial charge in [-0.15, -0.1) is 0 Å². The van der Waals surface area contributed by atoms with Crippen molar-refractivity contribution in [3.05, 3.63) is 29.3 Å². The summed E-state index contributed by atoms with van der Waals surface area (Å²) in [4.78, 5) is 2.41. The number of rotatable bonds is 7. The van der Waals surface area contributed by atoms with Crippen LogP contribution in [0.2, 0.25) is 0 Å². The number of fused-ring (bicyclic) bond motifs is 1. The molecule has 0 fully saturated rings. The van der Waals surface area contributed by atoms with E-state index in [1.807, 2.05) is 0 Å². The molecule has 1 aromatic rings. The predicted octanol–water partition coefficient (Wildman–Crippen LogP) is 3.89. The molecular weight excluding hydrogens is 355 g/mol. The topological polar surface area (TPSA) is 46.6 Å². The Balaban J connectivity index is 2.18. The molecule has 2 rings (SSSR count). The molecule has 142 valence electrons. The SMILES string of the molecule is CCCN(CCC)[C@H]1CCc2ccc(OS(=O)(=O)C(F)(F)F)cc2C1. The molecule has 8 heteroatoms. The van der Waals surface area contributed by atoms with Gasteiger partial charge in [0.05, 0.1) is 0 Å². The lowest BCUT2D eigenvalue weighted by Gasteiger charge is -2.35. The Labute approximate surface area is 147 Å². The van der Waals surface area contributed by atoms with Crippen molar-refractivity contribution >= 4 is 10.1 Å². The van der Waals surface area contributed by atoms with Gasteiger partial charge in [-0.05, 0) is 68.5 Å². The molecule has 1 atom stereocenters. The van der Waals surface area contributed by atoms with Crippen molar-refractivity contribution in [1.29, 1.82) is 0 Å². The predicted molar refractivity (Wildman–Crippen MR) is 90.0 cm³/mol. The number of nitrogens with zero attached hydrogens (tertiary/aromatic N) is 1. The van der Waals surface area contributed by atoms with Crippen LogP contribution >= 0.6 is 0 Å². The maximum Gasteiger partial charge on any atom is 0.534 e. The van der Waals surface area contributed by atoms with Crippen LogP contribution in [0, 0.1) is 0 Å². The highest BCUT2D eigenvalue weighted by atomic mass is 32.2. The lowest BCUT2D eigenvalue weighted by atomic mass is 9.87. The zero-order valence-corrected chi connectivity index (χ0v) is 15.3. The molecule has 0 saturated heterocycles. The second-order valence-corrected chi connectivity index (χ2v) is 7.88. The molecule has 0 amide bonds. The smallest absolute Gasteiger partial charge is 0.376 e. The zero-order valence-electron chi connectivity index (χ0n) is 14.5. The minimum absolute atomic E-state index is 0.283. The van der Waals surface area contributed by atoms with Crippen LogP contribution in [0.4, 0.5) is 13.2 Å². The molecule has 25 heavy (non-hydrogen) atoms. The molecule has 0 saturated carbocycles. The second kappa shape index (κ2) is 7.95. The van der Waals surface area contributed by atoms with E-state index in [2.05, 4.69) is 22.9 Å². The molecule has 0 N–H and O–H groups in total. The lowest BCUT2D eigenvalue weighted by molar-refractivity contribution is -0.0500. The van der Waals surface area contributed by atoms with Gasteiger partial charge in [0, 0.05) is 6.04 Å². The van der Waals surface area contributed by atoms with E-state index >= 15 is 0 Å². The van der Waals surface area contributed by atoms with Gasteiger partial charge in [0.15, 0.2) is 0 Å². The second-order valence-electron chi connectivity index (χ2n) is 6.35. The van der Waals surface area contributed by atoms with Gasteiger partial charge in [0.25, 0.3) is 0 Å². The number of hydrogen-bond acceptors (Lipinski definition) is 4. The number of halogens is 3. The van der Waals surface area contributed by atoms with Crippen molar-refractivity contribution in [2.75, 3.05) is 13.1 Å². The van der Waals surface area contributed by atoms with Crippen molar-refractivity contribution < 1.29 is 25.8 Å². The van der Waals surface area contributed by atoms with Gasteiger partial charge in [0.1, 0.15) is 5.75 Å². The highest BCUT2D eigenvalue weighted by Gasteiger charge is 2.48. The van der Waals surface area contributed by atoms with Gasteiger partial charge in [-0.25, -0.2) is 0 Å². The maximum absolute atomic E-state index is 12.5. The molecule has 1 aliphatic carbocycles. The van der Waals surface area contributed by atoms with Gasteiger partial charge >= 0.3 is 15.6 Å². The Morgan fingerprint density at radius 1 is 1.16 bits per heavy atom. The fourth-order valence-corrected chi connectivity index (χ4v) is 3.75. The third kappa shape index (κ3) is 4.88. The monoisotopic (exact) mass is 379 g/mol. The van der Waals surface area contributed by atoms with Gasteiger partial charge < -0.3 is 9.08 Å². The molecule has 0 radical (unpaired) electrons. The summed E-state index contributed by atoms with van der Waals surface area (Å²) in [6.07, 6.45) is 4.59. The molecule has 1 aliphatic rings. The zero-order chi connectivity index (χ0) is 18.7. The van der Waals surface area contributed by atoms with Crippen LogP contribution < -0.4 is 4.18 Å². The summed E-state index contributed by atoms with van der Waals surface area (Å²) in [5, 5.41) is 0. The quantitative estimate of drug-likeness (QED) is 0.533. The third-order valence-electron chi connectivity index (χ3n) is 4.41. The minimum atomic E-state index is -5.63. The molecule has 0 aliphatic heterocycles. The molecule has 0 spiro atoms. The first-order valence-electron chi connectivity index (χ1n) is 8.54. The van der Waals surface area contributed by atoms with Crippen LogP contribution in [-0.2, 0) is 23.0 Å². The minimum Gasteiger partial charge on any atom is -0.376 e. The summed E-state index contributed by atoms with van der Waals surface area (Å²) in [5.41, 5.74) is -3.52. The Bertz CT molecular complexity index is 683. The third-order valence-corrected chi connectivity index (χ3v) is 5.39. The van der Waals surface area contributed by atoms with Gasteiger partial charge in [-0.2, -0.15) is 21.6 Å². The van der Waals surface area contributed by atoms with E-state index in [0.29, 0.717) is 12.5 Å². The Morgan fingerprint density at radius 3 is 2.36 bits per heavy atom. The van der Waals surface area contributed by atoms with Crippen LogP contribution in [0.25, 0.3) is 0 Å². The molecule has 0 heterocycles. The first-order valence-corrected chi connectivity index (χ1v) is 9.95. The average molecular weight is 379 g/mol. The van der Waals surface area contributed by atoms with Crippen LogP contribution in [0.1, 0.15) is 44.2 Å². The normalized spacial score (nSPS) is 18.2. The van der Waals surface area contributed by atoms with Crippen LogP contribution in [0.15, 0.2) is 18.2 Å². The van der Waals surface area contributed by atoms with E-state index in [0.717, 1.165) is 49.9 Å². The molecule has 4 nitrogen and oxygen atoms in total. The van der Waals surface area contributed by atoms with Crippen molar-refractivity contribution in [2.45, 2.75) is 57.5 Å². The summed E-state index contributed by atoms with van der Waals surface area (Å²) in [7, 11) is -5.63. The number of benzene rings is 1. The van der Waals surface area contributed by atoms with Crippen molar-refractivity contribution in [3.63, 3.8) is 0 Å². The molecule has 1 aromatic carbocycles. The number of hydrogen-bond donors (Lipinski definition) is 0. The van der Waals surface area contributed by atoms with Gasteiger partial charge in [0.2, 0.25) is 0 Å². The largest absolute Gasteiger partial charge is 0.534 e. The van der Waals surface area contributed by atoms with Crippen molar-refractivity contribution in [3.8, 4) is 5.75 Å². The number of aryl methyl sites for hydroxylation is 1. The van der Waals surface area contributed by atoms with E-state index < -0.39 is 15.6 Å². The van der Waals surface area contributed by atoms with Crippen LogP contribution in [-0.4, -0.2) is 38.0 Å². The standard InChI is InChI=1S/C17H24F3NO3S/c1-3-9-21(10-4-2)15-7-5-13-6-8-16(12-14(13)11-15)24-25(22,23)17(18,19)20/h6,8,12,15H,3-5,7,9-11H2,1-2H3/t15-/m0/s1. The Morgan fingerprint density at radius 2 is 1.80 bits per heavy atom. The fraction of sp³-hybridized carbons (Fsp3) is 0.647. The molecule has 0 aromatic heterocycles. The average Bonchev–Trinajstić information content (AvgIpc) is 2.52.